The number of nitrogens with one attached hydrogen (secondary N) is 2. The summed E-state index contributed by atoms with van der Waals surface area (Å²) in [7, 11) is 0. The van der Waals surface area contributed by atoms with Crippen molar-refractivity contribution in [3.63, 3.8) is 0 Å². The van der Waals surface area contributed by atoms with E-state index in [2.05, 4.69) is 16.6 Å². The van der Waals surface area contributed by atoms with Crippen LogP contribution in [0.1, 0.15) is 24.0 Å². The lowest BCUT2D eigenvalue weighted by Gasteiger charge is -2.25. The van der Waals surface area contributed by atoms with E-state index in [1.54, 1.807) is 42.5 Å². The van der Waals surface area contributed by atoms with E-state index in [0.717, 1.165) is 0 Å². The average molecular weight is 412 g/mol. The fourth-order valence-corrected chi connectivity index (χ4v) is 4.76. The quantitative estimate of drug-likeness (QED) is 0.458. The van der Waals surface area contributed by atoms with Crippen molar-refractivity contribution in [1.82, 2.24) is 5.32 Å². The molecule has 0 unspecified atom stereocenters. The van der Waals surface area contributed by atoms with E-state index in [1.165, 1.54) is 0 Å². The van der Waals surface area contributed by atoms with Crippen LogP contribution in [0, 0.1) is 22.5 Å². The summed E-state index contributed by atoms with van der Waals surface area (Å²) in [5.41, 5.74) is 0.371. The first-order chi connectivity index (χ1) is 13.9. The molecule has 0 bridgehead atoms. The van der Waals surface area contributed by atoms with E-state index in [1.807, 2.05) is 6.92 Å². The SMILES string of the molecule is C#CCOc1ccc([C@@H]2[C@H](C)N[C@@]3(C(=O)Nc4ccccc43)[C@@H]2[N+](=O)[O-])cc1Cl. The number of ether oxygens (including phenoxy) is 1. The van der Waals surface area contributed by atoms with Crippen LogP contribution in [0.15, 0.2) is 42.5 Å². The van der Waals surface area contributed by atoms with Gasteiger partial charge in [-0.2, -0.15) is 0 Å². The monoisotopic (exact) mass is 411 g/mol. The molecule has 2 aromatic rings. The van der Waals surface area contributed by atoms with Crippen molar-refractivity contribution in [2.75, 3.05) is 11.9 Å². The van der Waals surface area contributed by atoms with Gasteiger partial charge in [-0.05, 0) is 30.7 Å². The molecular weight excluding hydrogens is 394 g/mol. The van der Waals surface area contributed by atoms with Gasteiger partial charge in [0.1, 0.15) is 12.4 Å². The molecule has 0 radical (unpaired) electrons. The third-order valence-electron chi connectivity index (χ3n) is 5.62. The highest BCUT2D eigenvalue weighted by atomic mass is 35.5. The summed E-state index contributed by atoms with van der Waals surface area (Å²) in [6.45, 7) is 1.90. The van der Waals surface area contributed by atoms with Crippen LogP contribution in [-0.4, -0.2) is 29.5 Å². The third-order valence-corrected chi connectivity index (χ3v) is 5.91. The van der Waals surface area contributed by atoms with Gasteiger partial charge in [0.15, 0.2) is 5.54 Å². The summed E-state index contributed by atoms with van der Waals surface area (Å²) in [5, 5.41) is 18.6. The molecule has 4 atom stereocenters. The minimum absolute atomic E-state index is 0.0675. The van der Waals surface area contributed by atoms with Gasteiger partial charge in [0, 0.05) is 22.2 Å². The van der Waals surface area contributed by atoms with Crippen LogP contribution in [0.5, 0.6) is 5.75 Å². The Balaban J connectivity index is 1.80. The van der Waals surface area contributed by atoms with Gasteiger partial charge in [-0.25, -0.2) is 0 Å². The minimum atomic E-state index is -1.45. The first-order valence-corrected chi connectivity index (χ1v) is 9.45. The maximum Gasteiger partial charge on any atom is 0.256 e. The molecule has 29 heavy (non-hydrogen) atoms. The summed E-state index contributed by atoms with van der Waals surface area (Å²) >= 11 is 6.32. The second-order valence-corrected chi connectivity index (χ2v) is 7.59. The molecule has 0 saturated carbocycles. The van der Waals surface area contributed by atoms with E-state index in [0.29, 0.717) is 27.6 Å². The molecule has 4 rings (SSSR count). The highest BCUT2D eigenvalue weighted by Gasteiger charge is 2.67. The van der Waals surface area contributed by atoms with E-state index < -0.39 is 23.4 Å². The summed E-state index contributed by atoms with van der Waals surface area (Å²) in [4.78, 5) is 24.9. The van der Waals surface area contributed by atoms with Crippen LogP contribution < -0.4 is 15.4 Å². The lowest BCUT2D eigenvalue weighted by atomic mass is 9.78. The number of nitro groups is 1. The summed E-state index contributed by atoms with van der Waals surface area (Å²) in [5.74, 6) is 1.77. The topological polar surface area (TPSA) is 93.5 Å². The number of hydrogen-bond donors (Lipinski definition) is 2. The number of para-hydroxylation sites is 1. The molecule has 1 fully saturated rings. The number of halogens is 1. The molecule has 2 aromatic carbocycles. The molecule has 148 valence electrons. The third kappa shape index (κ3) is 2.84. The number of amides is 1. The number of anilines is 1. The summed E-state index contributed by atoms with van der Waals surface area (Å²) < 4.78 is 5.38. The molecule has 1 spiro atoms. The number of carbonyl (C=O) groups excluding carboxylic acids is 1. The maximum absolute atomic E-state index is 13.0. The summed E-state index contributed by atoms with van der Waals surface area (Å²) in [6, 6.07) is 10.5. The van der Waals surface area contributed by atoms with Crippen molar-refractivity contribution in [3.05, 3.63) is 68.7 Å². The number of terminal acetylenes is 1. The van der Waals surface area contributed by atoms with Gasteiger partial charge in [-0.15, -0.1) is 6.42 Å². The average Bonchev–Trinajstić information content (AvgIpc) is 3.15. The minimum Gasteiger partial charge on any atom is -0.479 e. The zero-order valence-electron chi connectivity index (χ0n) is 15.5. The fraction of sp³-hybridized carbons (Fsp3) is 0.286. The molecule has 7 nitrogen and oxygen atoms in total. The van der Waals surface area contributed by atoms with Gasteiger partial charge in [0.25, 0.3) is 11.9 Å². The van der Waals surface area contributed by atoms with Gasteiger partial charge >= 0.3 is 0 Å². The Kier molecular flexibility index (Phi) is 4.69. The van der Waals surface area contributed by atoms with Gasteiger partial charge < -0.3 is 10.1 Å². The normalized spacial score (nSPS) is 27.3. The Morgan fingerprint density at radius 3 is 2.79 bits per heavy atom. The molecule has 1 saturated heterocycles. The fourth-order valence-electron chi connectivity index (χ4n) is 4.51. The zero-order valence-corrected chi connectivity index (χ0v) is 16.3. The predicted octanol–water partition coefficient (Wildman–Crippen LogP) is 2.92. The van der Waals surface area contributed by atoms with Crippen molar-refractivity contribution in [2.45, 2.75) is 30.5 Å². The highest BCUT2D eigenvalue weighted by Crippen LogP contribution is 2.50. The predicted molar refractivity (Wildman–Crippen MR) is 109 cm³/mol. The molecule has 8 heteroatoms. The first kappa shape index (κ1) is 19.2. The van der Waals surface area contributed by atoms with Gasteiger partial charge in [0.2, 0.25) is 0 Å². The molecule has 2 aliphatic heterocycles. The first-order valence-electron chi connectivity index (χ1n) is 9.08. The molecule has 0 aromatic heterocycles. The van der Waals surface area contributed by atoms with Crippen molar-refractivity contribution in [3.8, 4) is 18.1 Å². The Morgan fingerprint density at radius 2 is 2.10 bits per heavy atom. The number of rotatable bonds is 4. The zero-order chi connectivity index (χ0) is 20.8. The second kappa shape index (κ2) is 7.07. The maximum atomic E-state index is 13.0. The lowest BCUT2D eigenvalue weighted by molar-refractivity contribution is -0.532. The Labute approximate surface area is 172 Å². The molecule has 2 N–H and O–H groups in total. The van der Waals surface area contributed by atoms with Crippen molar-refractivity contribution < 1.29 is 14.5 Å². The smallest absolute Gasteiger partial charge is 0.256 e. The summed E-state index contributed by atoms with van der Waals surface area (Å²) in [6.07, 6.45) is 5.20. The van der Waals surface area contributed by atoms with Crippen molar-refractivity contribution in [2.24, 2.45) is 0 Å². The second-order valence-electron chi connectivity index (χ2n) is 7.18. The van der Waals surface area contributed by atoms with E-state index in [-0.39, 0.29) is 17.6 Å². The van der Waals surface area contributed by atoms with Crippen molar-refractivity contribution in [1.29, 1.82) is 0 Å². The van der Waals surface area contributed by atoms with Crippen LogP contribution >= 0.6 is 11.6 Å². The lowest BCUT2D eigenvalue weighted by Crippen LogP contribution is -2.54. The number of carbonyl (C=O) groups is 1. The van der Waals surface area contributed by atoms with E-state index in [4.69, 9.17) is 22.8 Å². The molecule has 0 aliphatic carbocycles. The molecule has 2 heterocycles. The standard InChI is InChI=1S/C21H18ClN3O4/c1-3-10-29-17-9-8-13(11-15(17)22)18-12(2)24-21(19(18)25(27)28)14-6-4-5-7-16(14)23-20(21)26/h1,4-9,11-12,18-19,24H,10H2,2H3,(H,23,26)/t12-,18-,19+,21+/m0/s1. The Bertz CT molecular complexity index is 1050. The Hall–Kier alpha value is -3.08. The van der Waals surface area contributed by atoms with Crippen LogP contribution in [-0.2, 0) is 10.3 Å². The van der Waals surface area contributed by atoms with Crippen molar-refractivity contribution >= 4 is 23.2 Å². The van der Waals surface area contributed by atoms with Crippen LogP contribution in [0.4, 0.5) is 5.69 Å². The van der Waals surface area contributed by atoms with Crippen LogP contribution in [0.3, 0.4) is 0 Å². The van der Waals surface area contributed by atoms with Crippen LogP contribution in [0.25, 0.3) is 0 Å². The highest BCUT2D eigenvalue weighted by molar-refractivity contribution is 6.32. The number of nitrogens with zero attached hydrogens (tertiary/aromatic N) is 1. The largest absolute Gasteiger partial charge is 0.479 e. The van der Waals surface area contributed by atoms with Gasteiger partial charge in [-0.3, -0.25) is 20.2 Å². The van der Waals surface area contributed by atoms with Gasteiger partial charge in [-0.1, -0.05) is 41.8 Å². The van der Waals surface area contributed by atoms with E-state index >= 15 is 0 Å². The van der Waals surface area contributed by atoms with E-state index in [9.17, 15) is 14.9 Å². The van der Waals surface area contributed by atoms with Gasteiger partial charge in [0.05, 0.1) is 10.9 Å². The molecule has 2 aliphatic rings. The molecule has 1 amide bonds. The Morgan fingerprint density at radius 1 is 1.34 bits per heavy atom. The number of fused-ring (bicyclic) bond motifs is 2. The molecular formula is C21H18ClN3O4. The van der Waals surface area contributed by atoms with Crippen LogP contribution in [0.2, 0.25) is 5.02 Å². The number of hydrogen-bond acceptors (Lipinski definition) is 5. The number of benzene rings is 2.